The first-order chi connectivity index (χ1) is 17.0. The van der Waals surface area contributed by atoms with Crippen molar-refractivity contribution in [3.05, 3.63) is 53.5 Å². The number of aromatic nitrogens is 2. The third-order valence-corrected chi connectivity index (χ3v) is 6.43. The minimum absolute atomic E-state index is 0.00678. The monoisotopic (exact) mass is 481 g/mol. The summed E-state index contributed by atoms with van der Waals surface area (Å²) < 4.78 is 31.3. The summed E-state index contributed by atoms with van der Waals surface area (Å²) in [7, 11) is 1.53. The summed E-state index contributed by atoms with van der Waals surface area (Å²) >= 11 is 0. The number of carbonyl (C=O) groups excluding carboxylic acids is 1. The van der Waals surface area contributed by atoms with Crippen molar-refractivity contribution in [2.24, 2.45) is 5.73 Å². The fourth-order valence-electron chi connectivity index (χ4n) is 4.50. The minimum atomic E-state index is -0.366. The number of methoxy groups -OCH3 is 1. The van der Waals surface area contributed by atoms with Crippen LogP contribution < -0.4 is 25.8 Å². The van der Waals surface area contributed by atoms with Gasteiger partial charge in [-0.25, -0.2) is 14.4 Å². The lowest BCUT2D eigenvalue weighted by Crippen LogP contribution is -2.47. The van der Waals surface area contributed by atoms with Crippen LogP contribution in [0.2, 0.25) is 0 Å². The van der Waals surface area contributed by atoms with Gasteiger partial charge in [0.1, 0.15) is 5.82 Å². The second kappa shape index (κ2) is 10.1. The molecule has 1 aromatic carbocycles. The number of nitrogens with one attached hydrogen (secondary N) is 2. The molecule has 0 aliphatic carbocycles. The van der Waals surface area contributed by atoms with E-state index in [-0.39, 0.29) is 36.5 Å². The maximum absolute atomic E-state index is 14.7. The van der Waals surface area contributed by atoms with Gasteiger partial charge in [-0.1, -0.05) is 0 Å². The van der Waals surface area contributed by atoms with Crippen molar-refractivity contribution in [2.75, 3.05) is 25.6 Å². The Morgan fingerprint density at radius 1 is 1.23 bits per heavy atom. The Morgan fingerprint density at radius 3 is 2.89 bits per heavy atom. The molecule has 2 aromatic heterocycles. The van der Waals surface area contributed by atoms with Gasteiger partial charge in [-0.15, -0.1) is 0 Å². The molecule has 1 fully saturated rings. The van der Waals surface area contributed by atoms with Gasteiger partial charge in [-0.2, -0.15) is 0 Å². The molecule has 5 rings (SSSR count). The van der Waals surface area contributed by atoms with E-state index in [4.69, 9.17) is 19.9 Å². The highest BCUT2D eigenvalue weighted by atomic mass is 19.1. The fourth-order valence-corrected chi connectivity index (χ4v) is 4.50. The summed E-state index contributed by atoms with van der Waals surface area (Å²) in [4.78, 5) is 20.4. The number of pyridine rings is 2. The molecule has 3 aromatic rings. The first-order valence-electron chi connectivity index (χ1n) is 11.7. The predicted octanol–water partition coefficient (Wildman–Crippen LogP) is 2.32. The Kier molecular flexibility index (Phi) is 6.76. The van der Waals surface area contributed by atoms with Gasteiger partial charge in [0.05, 0.1) is 31.0 Å². The third kappa shape index (κ3) is 5.19. The lowest BCUT2D eigenvalue weighted by atomic mass is 9.94. The summed E-state index contributed by atoms with van der Waals surface area (Å²) in [6, 6.07) is 10.2. The standard InChI is InChI=1S/C25H28FN5O4/c1-33-23-9-3-14-2-6-18(26)17(24(14)31-23)10-19(27)20-7-5-16(12-34-20)28-11-15-4-8-21-25(29-15)30-22(32)13-35-21/h2-4,6,8-9,16,19-20,28H,5,7,10-13,27H2,1H3,(H,29,30,32)/t16-,19-,20+/m1/s1. The Balaban J connectivity index is 1.16. The molecule has 4 heterocycles. The highest BCUT2D eigenvalue weighted by Crippen LogP contribution is 2.27. The van der Waals surface area contributed by atoms with Gasteiger partial charge in [-0.3, -0.25) is 4.79 Å². The molecule has 1 amide bonds. The summed E-state index contributed by atoms with van der Waals surface area (Å²) in [6.45, 7) is 1.03. The second-order valence-electron chi connectivity index (χ2n) is 8.83. The van der Waals surface area contributed by atoms with Crippen molar-refractivity contribution in [3.8, 4) is 11.6 Å². The highest BCUT2D eigenvalue weighted by molar-refractivity contribution is 5.94. The average molecular weight is 482 g/mol. The van der Waals surface area contributed by atoms with Crippen LogP contribution in [0.15, 0.2) is 36.4 Å². The maximum Gasteiger partial charge on any atom is 0.263 e. The lowest BCUT2D eigenvalue weighted by molar-refractivity contribution is -0.118. The van der Waals surface area contributed by atoms with Crippen molar-refractivity contribution in [1.82, 2.24) is 15.3 Å². The van der Waals surface area contributed by atoms with Crippen LogP contribution in [0.1, 0.15) is 24.1 Å². The Morgan fingerprint density at radius 2 is 2.09 bits per heavy atom. The molecule has 35 heavy (non-hydrogen) atoms. The molecular formula is C25H28FN5O4. The molecule has 9 nitrogen and oxygen atoms in total. The largest absolute Gasteiger partial charge is 0.481 e. The number of nitrogens with zero attached hydrogens (tertiary/aromatic N) is 2. The molecule has 1 saturated heterocycles. The molecule has 0 saturated carbocycles. The molecule has 0 spiro atoms. The average Bonchev–Trinajstić information content (AvgIpc) is 2.88. The van der Waals surface area contributed by atoms with Gasteiger partial charge >= 0.3 is 0 Å². The zero-order valence-corrected chi connectivity index (χ0v) is 19.4. The molecular weight excluding hydrogens is 453 g/mol. The topological polar surface area (TPSA) is 121 Å². The molecule has 0 unspecified atom stereocenters. The van der Waals surface area contributed by atoms with E-state index in [1.165, 1.54) is 13.2 Å². The van der Waals surface area contributed by atoms with Gasteiger partial charge in [0.25, 0.3) is 5.91 Å². The molecule has 184 valence electrons. The molecule has 0 bridgehead atoms. The van der Waals surface area contributed by atoms with Crippen molar-refractivity contribution >= 4 is 22.6 Å². The number of hydrogen-bond donors (Lipinski definition) is 3. The maximum atomic E-state index is 14.7. The van der Waals surface area contributed by atoms with E-state index in [0.29, 0.717) is 48.1 Å². The van der Waals surface area contributed by atoms with E-state index < -0.39 is 0 Å². The van der Waals surface area contributed by atoms with Crippen LogP contribution in [0.4, 0.5) is 10.2 Å². The number of carbonyl (C=O) groups is 1. The van der Waals surface area contributed by atoms with Crippen LogP contribution in [-0.2, 0) is 22.5 Å². The van der Waals surface area contributed by atoms with Crippen molar-refractivity contribution in [1.29, 1.82) is 0 Å². The highest BCUT2D eigenvalue weighted by Gasteiger charge is 2.28. The zero-order valence-electron chi connectivity index (χ0n) is 19.4. The van der Waals surface area contributed by atoms with Gasteiger partial charge in [0, 0.05) is 35.6 Å². The van der Waals surface area contributed by atoms with Gasteiger partial charge < -0.3 is 30.6 Å². The van der Waals surface area contributed by atoms with Crippen molar-refractivity contribution < 1.29 is 23.4 Å². The summed E-state index contributed by atoms with van der Waals surface area (Å²) in [6.07, 6.45) is 1.76. The number of hydrogen-bond acceptors (Lipinski definition) is 8. The van der Waals surface area contributed by atoms with Gasteiger partial charge in [0.2, 0.25) is 5.88 Å². The quantitative estimate of drug-likeness (QED) is 0.470. The molecule has 2 aliphatic heterocycles. The van der Waals surface area contributed by atoms with Crippen LogP contribution in [0, 0.1) is 5.82 Å². The zero-order chi connectivity index (χ0) is 24.4. The van der Waals surface area contributed by atoms with E-state index in [2.05, 4.69) is 20.6 Å². The number of ether oxygens (including phenoxy) is 3. The third-order valence-electron chi connectivity index (χ3n) is 6.43. The Hall–Kier alpha value is -3.34. The number of fused-ring (bicyclic) bond motifs is 2. The van der Waals surface area contributed by atoms with Crippen LogP contribution >= 0.6 is 0 Å². The smallest absolute Gasteiger partial charge is 0.263 e. The van der Waals surface area contributed by atoms with Gasteiger partial charge in [0.15, 0.2) is 18.2 Å². The molecule has 2 aliphatic rings. The van der Waals surface area contributed by atoms with E-state index in [1.54, 1.807) is 12.1 Å². The normalized spacial score (nSPS) is 20.6. The first-order valence-corrected chi connectivity index (χ1v) is 11.7. The number of nitrogens with two attached hydrogens (primary N) is 1. The van der Waals surface area contributed by atoms with Crippen LogP contribution in [-0.4, -0.2) is 54.4 Å². The van der Waals surface area contributed by atoms with Gasteiger partial charge in [-0.05, 0) is 49.6 Å². The number of anilines is 1. The van der Waals surface area contributed by atoms with E-state index in [1.807, 2.05) is 18.2 Å². The van der Waals surface area contributed by atoms with Crippen LogP contribution in [0.25, 0.3) is 10.9 Å². The number of rotatable bonds is 7. The van der Waals surface area contributed by atoms with Crippen LogP contribution in [0.5, 0.6) is 11.6 Å². The SMILES string of the molecule is COc1ccc2ccc(F)c(C[C@@H](N)[C@@H]3CC[C@@H](NCc4ccc5c(n4)NC(=O)CO5)CO3)c2n1. The predicted molar refractivity (Wildman–Crippen MR) is 128 cm³/mol. The van der Waals surface area contributed by atoms with E-state index in [0.717, 1.165) is 23.9 Å². The van der Waals surface area contributed by atoms with E-state index >= 15 is 0 Å². The summed E-state index contributed by atoms with van der Waals surface area (Å²) in [5.41, 5.74) is 8.31. The fraction of sp³-hybridized carbons (Fsp3) is 0.400. The van der Waals surface area contributed by atoms with Crippen molar-refractivity contribution in [2.45, 2.75) is 44.0 Å². The molecule has 0 radical (unpaired) electrons. The van der Waals surface area contributed by atoms with Crippen LogP contribution in [0.3, 0.4) is 0 Å². The molecule has 4 N–H and O–H groups in total. The van der Waals surface area contributed by atoms with E-state index in [9.17, 15) is 9.18 Å². The number of halogens is 1. The summed E-state index contributed by atoms with van der Waals surface area (Å²) in [5, 5.41) is 7.00. The Labute approximate surface area is 202 Å². The summed E-state index contributed by atoms with van der Waals surface area (Å²) in [5.74, 6) is 0.908. The Bertz CT molecular complexity index is 1230. The lowest BCUT2D eigenvalue weighted by Gasteiger charge is -2.33. The number of amides is 1. The minimum Gasteiger partial charge on any atom is -0.481 e. The first kappa shape index (κ1) is 23.4. The van der Waals surface area contributed by atoms with Crippen molar-refractivity contribution in [3.63, 3.8) is 0 Å². The number of benzene rings is 1. The molecule has 3 atom stereocenters. The second-order valence-corrected chi connectivity index (χ2v) is 8.83. The molecule has 10 heteroatoms.